The Bertz CT molecular complexity index is 229. The zero-order valence-electron chi connectivity index (χ0n) is 10.9. The molecule has 0 aromatic carbocycles. The van der Waals surface area contributed by atoms with Crippen molar-refractivity contribution in [1.82, 2.24) is 5.32 Å². The Morgan fingerprint density at radius 2 is 2.24 bits per heavy atom. The van der Waals surface area contributed by atoms with Crippen molar-refractivity contribution >= 4 is 21.8 Å². The van der Waals surface area contributed by atoms with Crippen LogP contribution in [0.5, 0.6) is 0 Å². The highest BCUT2D eigenvalue weighted by Gasteiger charge is 2.17. The molecule has 1 N–H and O–H groups in total. The van der Waals surface area contributed by atoms with E-state index in [9.17, 15) is 4.79 Å². The lowest BCUT2D eigenvalue weighted by molar-refractivity contribution is -0.123. The second-order valence-electron chi connectivity index (χ2n) is 5.02. The van der Waals surface area contributed by atoms with Crippen LogP contribution in [0.25, 0.3) is 0 Å². The Labute approximate surface area is 113 Å². The molecule has 0 aromatic heterocycles. The van der Waals surface area contributed by atoms with Crippen molar-refractivity contribution < 1.29 is 9.53 Å². The van der Waals surface area contributed by atoms with Gasteiger partial charge in [0.05, 0.1) is 6.10 Å². The van der Waals surface area contributed by atoms with E-state index in [1.54, 1.807) is 0 Å². The first-order valence-corrected chi connectivity index (χ1v) is 7.72. The van der Waals surface area contributed by atoms with Gasteiger partial charge in [0, 0.05) is 24.4 Å². The summed E-state index contributed by atoms with van der Waals surface area (Å²) in [5.74, 6) is 0.615. The predicted molar refractivity (Wildman–Crippen MR) is 73.4 cm³/mol. The van der Waals surface area contributed by atoms with Crippen LogP contribution in [-0.4, -0.2) is 30.0 Å². The van der Waals surface area contributed by atoms with Gasteiger partial charge < -0.3 is 10.1 Å². The van der Waals surface area contributed by atoms with Gasteiger partial charge >= 0.3 is 0 Å². The first-order chi connectivity index (χ1) is 8.13. The van der Waals surface area contributed by atoms with Gasteiger partial charge in [0.15, 0.2) is 0 Å². The van der Waals surface area contributed by atoms with Gasteiger partial charge in [-0.2, -0.15) is 0 Å². The largest absolute Gasteiger partial charge is 0.378 e. The maximum atomic E-state index is 11.7. The number of hydrogen-bond acceptors (Lipinski definition) is 2. The van der Waals surface area contributed by atoms with Crippen LogP contribution >= 0.6 is 15.9 Å². The molecule has 4 heteroatoms. The molecule has 1 saturated heterocycles. The molecule has 1 aliphatic heterocycles. The zero-order chi connectivity index (χ0) is 12.7. The number of ether oxygens (including phenoxy) is 1. The second kappa shape index (κ2) is 8.09. The maximum Gasteiger partial charge on any atom is 0.220 e. The van der Waals surface area contributed by atoms with E-state index in [1.165, 1.54) is 12.8 Å². The summed E-state index contributed by atoms with van der Waals surface area (Å²) >= 11 is 3.44. The van der Waals surface area contributed by atoms with Crippen LogP contribution in [0.2, 0.25) is 0 Å². The van der Waals surface area contributed by atoms with Gasteiger partial charge in [0.25, 0.3) is 0 Å². The molecule has 100 valence electrons. The van der Waals surface area contributed by atoms with Crippen molar-refractivity contribution in [2.45, 2.75) is 58.1 Å². The second-order valence-corrected chi connectivity index (χ2v) is 5.66. The molecule has 0 aliphatic carbocycles. The average Bonchev–Trinajstić information content (AvgIpc) is 2.36. The quantitative estimate of drug-likeness (QED) is 0.766. The van der Waals surface area contributed by atoms with E-state index in [4.69, 9.17) is 4.74 Å². The van der Waals surface area contributed by atoms with Crippen LogP contribution in [0.3, 0.4) is 0 Å². The summed E-state index contributed by atoms with van der Waals surface area (Å²) in [7, 11) is 0. The summed E-state index contributed by atoms with van der Waals surface area (Å²) in [4.78, 5) is 11.7. The van der Waals surface area contributed by atoms with E-state index in [-0.39, 0.29) is 11.9 Å². The Morgan fingerprint density at radius 3 is 2.82 bits per heavy atom. The number of carbonyl (C=O) groups excluding carboxylic acids is 1. The Kier molecular flexibility index (Phi) is 7.12. The minimum absolute atomic E-state index is 0.152. The van der Waals surface area contributed by atoms with Crippen LogP contribution in [0.1, 0.15) is 46.0 Å². The summed E-state index contributed by atoms with van der Waals surface area (Å²) in [5.41, 5.74) is 0. The van der Waals surface area contributed by atoms with Crippen LogP contribution in [0.4, 0.5) is 0 Å². The molecule has 1 fully saturated rings. The van der Waals surface area contributed by atoms with Crippen molar-refractivity contribution in [2.24, 2.45) is 5.92 Å². The Balaban J connectivity index is 2.15. The summed E-state index contributed by atoms with van der Waals surface area (Å²) in [6.07, 6.45) is 5.27. The number of alkyl halides is 1. The minimum atomic E-state index is 0.152. The average molecular weight is 306 g/mol. The Hall–Kier alpha value is -0.0900. The third kappa shape index (κ3) is 5.87. The molecule has 3 atom stereocenters. The zero-order valence-corrected chi connectivity index (χ0v) is 12.5. The van der Waals surface area contributed by atoms with Crippen molar-refractivity contribution in [2.75, 3.05) is 11.9 Å². The normalized spacial score (nSPS) is 24.1. The van der Waals surface area contributed by atoms with Crippen LogP contribution in [0.15, 0.2) is 0 Å². The van der Waals surface area contributed by atoms with E-state index in [0.717, 1.165) is 24.8 Å². The maximum absolute atomic E-state index is 11.7. The lowest BCUT2D eigenvalue weighted by Crippen LogP contribution is -2.38. The molecular formula is C13H24BrNO2. The summed E-state index contributed by atoms with van der Waals surface area (Å²) in [6.45, 7) is 5.05. The molecule has 0 aromatic rings. The molecular weight excluding hydrogens is 282 g/mol. The van der Waals surface area contributed by atoms with Gasteiger partial charge in [-0.3, -0.25) is 4.79 Å². The van der Waals surface area contributed by atoms with E-state index in [1.807, 2.05) is 0 Å². The van der Waals surface area contributed by atoms with Gasteiger partial charge in [0.2, 0.25) is 5.91 Å². The topological polar surface area (TPSA) is 38.3 Å². The standard InChI is InChI=1S/C13H24BrNO2/c1-10(9-14)11(2)15-13(16)7-6-12-5-3-4-8-17-12/h10-12H,3-9H2,1-2H3,(H,15,16). The number of carbonyl (C=O) groups is 1. The molecule has 1 heterocycles. The summed E-state index contributed by atoms with van der Waals surface area (Å²) < 4.78 is 5.61. The molecule has 3 nitrogen and oxygen atoms in total. The summed E-state index contributed by atoms with van der Waals surface area (Å²) in [6, 6.07) is 0.231. The molecule has 0 spiro atoms. The van der Waals surface area contributed by atoms with Gasteiger partial charge in [-0.15, -0.1) is 0 Å². The van der Waals surface area contributed by atoms with Crippen molar-refractivity contribution in [3.8, 4) is 0 Å². The first kappa shape index (κ1) is 15.0. The highest BCUT2D eigenvalue weighted by Crippen LogP contribution is 2.17. The first-order valence-electron chi connectivity index (χ1n) is 6.60. The van der Waals surface area contributed by atoms with Crippen molar-refractivity contribution in [1.29, 1.82) is 0 Å². The summed E-state index contributed by atoms with van der Waals surface area (Å²) in [5, 5.41) is 3.96. The monoisotopic (exact) mass is 305 g/mol. The van der Waals surface area contributed by atoms with E-state index >= 15 is 0 Å². The molecule has 0 bridgehead atoms. The van der Waals surface area contributed by atoms with Crippen LogP contribution in [-0.2, 0) is 9.53 Å². The molecule has 1 aliphatic rings. The minimum Gasteiger partial charge on any atom is -0.378 e. The van der Waals surface area contributed by atoms with Gasteiger partial charge in [-0.25, -0.2) is 0 Å². The fraction of sp³-hybridized carbons (Fsp3) is 0.923. The molecule has 0 radical (unpaired) electrons. The smallest absolute Gasteiger partial charge is 0.220 e. The third-order valence-electron chi connectivity index (χ3n) is 3.45. The van der Waals surface area contributed by atoms with Crippen LogP contribution < -0.4 is 5.32 Å². The fourth-order valence-corrected chi connectivity index (χ4v) is 2.49. The van der Waals surface area contributed by atoms with Crippen molar-refractivity contribution in [3.05, 3.63) is 0 Å². The molecule has 0 saturated carbocycles. The Morgan fingerprint density at radius 1 is 1.47 bits per heavy atom. The van der Waals surface area contributed by atoms with E-state index in [0.29, 0.717) is 18.4 Å². The predicted octanol–water partition coefficient (Wildman–Crippen LogP) is 2.87. The van der Waals surface area contributed by atoms with Gasteiger partial charge in [-0.05, 0) is 38.5 Å². The SMILES string of the molecule is CC(CBr)C(C)NC(=O)CCC1CCCCO1. The van der Waals surface area contributed by atoms with Gasteiger partial charge in [0.1, 0.15) is 0 Å². The molecule has 17 heavy (non-hydrogen) atoms. The lowest BCUT2D eigenvalue weighted by atomic mass is 10.0. The number of amides is 1. The molecule has 1 amide bonds. The molecule has 1 rings (SSSR count). The number of nitrogens with one attached hydrogen (secondary N) is 1. The van der Waals surface area contributed by atoms with E-state index in [2.05, 4.69) is 35.1 Å². The number of hydrogen-bond donors (Lipinski definition) is 1. The highest BCUT2D eigenvalue weighted by molar-refractivity contribution is 9.09. The number of halogens is 1. The molecule has 3 unspecified atom stereocenters. The highest BCUT2D eigenvalue weighted by atomic mass is 79.9. The number of rotatable bonds is 6. The third-order valence-corrected chi connectivity index (χ3v) is 4.47. The van der Waals surface area contributed by atoms with Gasteiger partial charge in [-0.1, -0.05) is 22.9 Å². The van der Waals surface area contributed by atoms with Crippen LogP contribution in [0, 0.1) is 5.92 Å². The fourth-order valence-electron chi connectivity index (χ4n) is 1.93. The lowest BCUT2D eigenvalue weighted by Gasteiger charge is -2.23. The van der Waals surface area contributed by atoms with Crippen molar-refractivity contribution in [3.63, 3.8) is 0 Å². The van der Waals surface area contributed by atoms with E-state index < -0.39 is 0 Å².